The molecule has 0 heterocycles. The summed E-state index contributed by atoms with van der Waals surface area (Å²) in [5, 5.41) is 0. The predicted molar refractivity (Wildman–Crippen MR) is 57.6 cm³/mol. The Balaban J connectivity index is 2.23. The van der Waals surface area contributed by atoms with E-state index in [9.17, 15) is 0 Å². The quantitative estimate of drug-likeness (QED) is 0.560. The molecule has 0 saturated carbocycles. The minimum atomic E-state index is 1.24. The van der Waals surface area contributed by atoms with E-state index in [1.54, 1.807) is 11.1 Å². The van der Waals surface area contributed by atoms with Crippen molar-refractivity contribution in [3.63, 3.8) is 0 Å². The van der Waals surface area contributed by atoms with Gasteiger partial charge in [-0.3, -0.25) is 0 Å². The second-order valence-corrected chi connectivity index (χ2v) is 4.08. The Labute approximate surface area is 81.0 Å². The molecule has 0 nitrogen and oxygen atoms in total. The van der Waals surface area contributed by atoms with Crippen molar-refractivity contribution in [1.29, 1.82) is 0 Å². The molecule has 2 aliphatic rings. The van der Waals surface area contributed by atoms with Gasteiger partial charge >= 0.3 is 0 Å². The van der Waals surface area contributed by atoms with Crippen molar-refractivity contribution in [3.8, 4) is 0 Å². The Kier molecular flexibility index (Phi) is 2.68. The van der Waals surface area contributed by atoms with Gasteiger partial charge in [0.05, 0.1) is 0 Å². The van der Waals surface area contributed by atoms with Gasteiger partial charge in [-0.05, 0) is 62.2 Å². The van der Waals surface area contributed by atoms with Crippen LogP contribution in [0.2, 0.25) is 0 Å². The van der Waals surface area contributed by atoms with Gasteiger partial charge in [-0.2, -0.15) is 0 Å². The van der Waals surface area contributed by atoms with Gasteiger partial charge in [0.2, 0.25) is 0 Å². The molecule has 0 fully saturated rings. The summed E-state index contributed by atoms with van der Waals surface area (Å²) in [4.78, 5) is 0. The fourth-order valence-corrected chi connectivity index (χ4v) is 2.31. The van der Waals surface area contributed by atoms with Gasteiger partial charge in [0, 0.05) is 0 Å². The average Bonchev–Trinajstić information content (AvgIpc) is 2.20. The lowest BCUT2D eigenvalue weighted by molar-refractivity contribution is 0.697. The lowest BCUT2D eigenvalue weighted by Crippen LogP contribution is -2.00. The highest BCUT2D eigenvalue weighted by Crippen LogP contribution is 2.31. The zero-order valence-electron chi connectivity index (χ0n) is 8.47. The van der Waals surface area contributed by atoms with Crippen molar-refractivity contribution in [2.45, 2.75) is 45.4 Å². The molecule has 0 bridgehead atoms. The van der Waals surface area contributed by atoms with Crippen molar-refractivity contribution in [1.82, 2.24) is 0 Å². The molecule has 2 aliphatic carbocycles. The van der Waals surface area contributed by atoms with Crippen LogP contribution < -0.4 is 0 Å². The lowest BCUT2D eigenvalue weighted by Gasteiger charge is -2.19. The first-order chi connectivity index (χ1) is 6.38. The molecule has 2 rings (SSSR count). The fraction of sp³-hybridized carbons (Fsp3) is 0.538. The zero-order chi connectivity index (χ0) is 9.10. The standard InChI is InChI=1S/C13H18/c1-11-7-5-6-10-13(11)12-8-3-2-4-9-12/h5,7-8H,2-4,6,9-10H2,1H3. The van der Waals surface area contributed by atoms with E-state index in [0.29, 0.717) is 0 Å². The molecule has 0 aromatic rings. The highest BCUT2D eigenvalue weighted by molar-refractivity contribution is 5.41. The highest BCUT2D eigenvalue weighted by Gasteiger charge is 2.11. The fourth-order valence-electron chi connectivity index (χ4n) is 2.31. The first kappa shape index (κ1) is 8.80. The third kappa shape index (κ3) is 1.93. The van der Waals surface area contributed by atoms with Crippen molar-refractivity contribution in [2.75, 3.05) is 0 Å². The van der Waals surface area contributed by atoms with Crippen LogP contribution in [0.5, 0.6) is 0 Å². The molecule has 0 N–H and O–H groups in total. The molecule has 0 saturated heterocycles. The van der Waals surface area contributed by atoms with E-state index < -0.39 is 0 Å². The zero-order valence-corrected chi connectivity index (χ0v) is 8.47. The van der Waals surface area contributed by atoms with Crippen molar-refractivity contribution in [2.24, 2.45) is 0 Å². The summed E-state index contributed by atoms with van der Waals surface area (Å²) in [6, 6.07) is 0. The van der Waals surface area contributed by atoms with Crippen LogP contribution in [0.1, 0.15) is 45.4 Å². The average molecular weight is 174 g/mol. The molecule has 0 atom stereocenters. The minimum absolute atomic E-state index is 1.24. The van der Waals surface area contributed by atoms with E-state index in [2.05, 4.69) is 25.2 Å². The van der Waals surface area contributed by atoms with Gasteiger partial charge in [0.1, 0.15) is 0 Å². The van der Waals surface area contributed by atoms with Crippen LogP contribution in [0.15, 0.2) is 34.9 Å². The van der Waals surface area contributed by atoms with Crippen LogP contribution in [0.3, 0.4) is 0 Å². The molecule has 0 spiro atoms. The summed E-state index contributed by atoms with van der Waals surface area (Å²) in [6.07, 6.45) is 15.0. The van der Waals surface area contributed by atoms with E-state index in [4.69, 9.17) is 0 Å². The summed E-state index contributed by atoms with van der Waals surface area (Å²) >= 11 is 0. The van der Waals surface area contributed by atoms with Crippen LogP contribution in [0.4, 0.5) is 0 Å². The highest BCUT2D eigenvalue weighted by atomic mass is 14.2. The summed E-state index contributed by atoms with van der Waals surface area (Å²) in [5.74, 6) is 0. The van der Waals surface area contributed by atoms with Gasteiger partial charge in [-0.25, -0.2) is 0 Å². The molecule has 0 aromatic heterocycles. The first-order valence-electron chi connectivity index (χ1n) is 5.43. The molecule has 0 aliphatic heterocycles. The molecule has 0 radical (unpaired) electrons. The van der Waals surface area contributed by atoms with Crippen LogP contribution in [0.25, 0.3) is 0 Å². The number of rotatable bonds is 1. The third-order valence-corrected chi connectivity index (χ3v) is 3.08. The van der Waals surface area contributed by atoms with Crippen molar-refractivity contribution >= 4 is 0 Å². The van der Waals surface area contributed by atoms with Crippen LogP contribution in [-0.2, 0) is 0 Å². The van der Waals surface area contributed by atoms with Gasteiger partial charge in [-0.15, -0.1) is 0 Å². The van der Waals surface area contributed by atoms with Crippen molar-refractivity contribution in [3.05, 3.63) is 34.9 Å². The Hall–Kier alpha value is -0.780. The van der Waals surface area contributed by atoms with E-state index >= 15 is 0 Å². The minimum Gasteiger partial charge on any atom is -0.0839 e. The number of allylic oxidation sites excluding steroid dienone is 6. The maximum absolute atomic E-state index is 2.46. The lowest BCUT2D eigenvalue weighted by atomic mass is 9.86. The molecule has 0 aromatic carbocycles. The monoisotopic (exact) mass is 174 g/mol. The van der Waals surface area contributed by atoms with Gasteiger partial charge < -0.3 is 0 Å². The smallest absolute Gasteiger partial charge is 0.0239 e. The Morgan fingerprint density at radius 3 is 2.69 bits per heavy atom. The Morgan fingerprint density at radius 2 is 2.00 bits per heavy atom. The van der Waals surface area contributed by atoms with E-state index in [-0.39, 0.29) is 0 Å². The van der Waals surface area contributed by atoms with Crippen molar-refractivity contribution < 1.29 is 0 Å². The molecular weight excluding hydrogens is 156 g/mol. The van der Waals surface area contributed by atoms with Crippen LogP contribution >= 0.6 is 0 Å². The second-order valence-electron chi connectivity index (χ2n) is 4.08. The molecule has 0 unspecified atom stereocenters. The van der Waals surface area contributed by atoms with E-state index in [1.807, 2.05) is 0 Å². The van der Waals surface area contributed by atoms with Crippen LogP contribution in [-0.4, -0.2) is 0 Å². The third-order valence-electron chi connectivity index (χ3n) is 3.08. The summed E-state index contributed by atoms with van der Waals surface area (Å²) in [6.45, 7) is 2.25. The maximum atomic E-state index is 2.46. The largest absolute Gasteiger partial charge is 0.0839 e. The number of hydrogen-bond donors (Lipinski definition) is 0. The SMILES string of the molecule is CC1=C(C2=CCCCC2)CCC=C1. The molecule has 13 heavy (non-hydrogen) atoms. The second kappa shape index (κ2) is 3.95. The summed E-state index contributed by atoms with van der Waals surface area (Å²) in [5.41, 5.74) is 4.79. The normalized spacial score (nSPS) is 23.3. The molecule has 0 amide bonds. The molecule has 0 heteroatoms. The maximum Gasteiger partial charge on any atom is -0.0239 e. The summed E-state index contributed by atoms with van der Waals surface area (Å²) in [7, 11) is 0. The van der Waals surface area contributed by atoms with E-state index in [1.165, 1.54) is 44.1 Å². The first-order valence-corrected chi connectivity index (χ1v) is 5.43. The topological polar surface area (TPSA) is 0 Å². The Morgan fingerprint density at radius 1 is 1.08 bits per heavy atom. The van der Waals surface area contributed by atoms with E-state index in [0.717, 1.165) is 0 Å². The Bertz CT molecular complexity index is 276. The molecular formula is C13H18. The van der Waals surface area contributed by atoms with Crippen LogP contribution in [0, 0.1) is 0 Å². The summed E-state index contributed by atoms with van der Waals surface area (Å²) < 4.78 is 0. The number of hydrogen-bond acceptors (Lipinski definition) is 0. The predicted octanol–water partition coefficient (Wildman–Crippen LogP) is 4.15. The molecule has 70 valence electrons. The van der Waals surface area contributed by atoms with Gasteiger partial charge in [-0.1, -0.05) is 18.2 Å². The van der Waals surface area contributed by atoms with Gasteiger partial charge in [0.25, 0.3) is 0 Å². The van der Waals surface area contributed by atoms with Gasteiger partial charge in [0.15, 0.2) is 0 Å².